The van der Waals surface area contributed by atoms with Gasteiger partial charge in [-0.05, 0) is 12.3 Å². The van der Waals surface area contributed by atoms with Crippen LogP contribution in [0.4, 0.5) is 0 Å². The van der Waals surface area contributed by atoms with Crippen molar-refractivity contribution in [1.29, 1.82) is 0 Å². The average Bonchev–Trinajstić information content (AvgIpc) is 3.07. The molecule has 7 nitrogen and oxygen atoms in total. The monoisotopic (exact) mass is 360 g/mol. The van der Waals surface area contributed by atoms with Gasteiger partial charge in [0.1, 0.15) is 5.69 Å². The summed E-state index contributed by atoms with van der Waals surface area (Å²) >= 11 is 7.44. The molecular formula is C12H13ClN4O3S2. The molecule has 0 radical (unpaired) electrons. The zero-order valence-corrected chi connectivity index (χ0v) is 13.8. The molecule has 1 saturated heterocycles. The van der Waals surface area contributed by atoms with Crippen LogP contribution in [0.3, 0.4) is 0 Å². The molecule has 3 rings (SSSR count). The number of thiazole rings is 1. The first-order valence-electron chi connectivity index (χ1n) is 6.58. The molecule has 1 fully saturated rings. The van der Waals surface area contributed by atoms with Gasteiger partial charge in [0.15, 0.2) is 20.0 Å². The summed E-state index contributed by atoms with van der Waals surface area (Å²) in [6.07, 6.45) is 3.93. The van der Waals surface area contributed by atoms with Crippen molar-refractivity contribution >= 4 is 49.9 Å². The fourth-order valence-electron chi connectivity index (χ4n) is 2.40. The van der Waals surface area contributed by atoms with Gasteiger partial charge in [-0.3, -0.25) is 9.20 Å². The number of rotatable bonds is 4. The Morgan fingerprint density at radius 1 is 1.64 bits per heavy atom. The molecule has 1 atom stereocenters. The Morgan fingerprint density at radius 2 is 2.45 bits per heavy atom. The van der Waals surface area contributed by atoms with Crippen molar-refractivity contribution in [3.05, 3.63) is 22.4 Å². The van der Waals surface area contributed by atoms with Crippen molar-refractivity contribution in [2.24, 2.45) is 11.0 Å². The number of carbonyl (C=O) groups is 1. The van der Waals surface area contributed by atoms with E-state index >= 15 is 0 Å². The van der Waals surface area contributed by atoms with E-state index in [9.17, 15) is 13.2 Å². The second-order valence-electron chi connectivity index (χ2n) is 5.11. The summed E-state index contributed by atoms with van der Waals surface area (Å²) in [6, 6.07) is 0. The van der Waals surface area contributed by atoms with Crippen molar-refractivity contribution in [3.63, 3.8) is 0 Å². The van der Waals surface area contributed by atoms with E-state index in [2.05, 4.69) is 15.5 Å². The van der Waals surface area contributed by atoms with E-state index in [1.54, 1.807) is 4.40 Å². The normalized spacial score (nSPS) is 20.9. The number of carbonyl (C=O) groups excluding carboxylic acids is 1. The van der Waals surface area contributed by atoms with Crippen LogP contribution in [0.5, 0.6) is 0 Å². The molecule has 22 heavy (non-hydrogen) atoms. The first-order valence-corrected chi connectivity index (χ1v) is 9.66. The van der Waals surface area contributed by atoms with Gasteiger partial charge in [0.25, 0.3) is 0 Å². The van der Waals surface area contributed by atoms with E-state index in [0.717, 1.165) is 4.96 Å². The largest absolute Gasteiger partial charge is 0.288 e. The summed E-state index contributed by atoms with van der Waals surface area (Å²) in [6.45, 7) is 0. The SMILES string of the molecule is O=C(C[C@H]1CCS(=O)(=O)C1)N/N=C\c1c(Cl)nc2sccn12. The molecule has 1 N–H and O–H groups in total. The molecule has 2 aromatic rings. The number of hydrogen-bond donors (Lipinski definition) is 1. The highest BCUT2D eigenvalue weighted by molar-refractivity contribution is 7.91. The number of nitrogens with zero attached hydrogens (tertiary/aromatic N) is 3. The van der Waals surface area contributed by atoms with E-state index in [1.807, 2.05) is 11.6 Å². The van der Waals surface area contributed by atoms with Gasteiger partial charge in [0, 0.05) is 18.0 Å². The van der Waals surface area contributed by atoms with Crippen LogP contribution in [0.25, 0.3) is 4.96 Å². The number of fused-ring (bicyclic) bond motifs is 1. The summed E-state index contributed by atoms with van der Waals surface area (Å²) in [7, 11) is -2.97. The minimum Gasteiger partial charge on any atom is -0.288 e. The molecule has 0 aromatic carbocycles. The quantitative estimate of drug-likeness (QED) is 0.657. The van der Waals surface area contributed by atoms with Crippen LogP contribution in [0.1, 0.15) is 18.5 Å². The van der Waals surface area contributed by atoms with Crippen molar-refractivity contribution in [3.8, 4) is 0 Å². The number of sulfone groups is 1. The predicted octanol–water partition coefficient (Wildman–Crippen LogP) is 1.32. The number of imidazole rings is 1. The average molecular weight is 361 g/mol. The fourth-order valence-corrected chi connectivity index (χ4v) is 5.25. The molecular weight excluding hydrogens is 348 g/mol. The van der Waals surface area contributed by atoms with Gasteiger partial charge in [-0.1, -0.05) is 11.6 Å². The van der Waals surface area contributed by atoms with E-state index < -0.39 is 9.84 Å². The van der Waals surface area contributed by atoms with Crippen LogP contribution in [-0.2, 0) is 14.6 Å². The maximum Gasteiger partial charge on any atom is 0.240 e. The number of amides is 1. The second-order valence-corrected chi connectivity index (χ2v) is 8.57. The van der Waals surface area contributed by atoms with Crippen LogP contribution in [-0.4, -0.2) is 41.4 Å². The van der Waals surface area contributed by atoms with Crippen molar-refractivity contribution < 1.29 is 13.2 Å². The molecule has 1 aliphatic heterocycles. The number of nitrogens with one attached hydrogen (secondary N) is 1. The topological polar surface area (TPSA) is 92.9 Å². The molecule has 0 aliphatic carbocycles. The van der Waals surface area contributed by atoms with Gasteiger partial charge in [0.05, 0.1) is 17.7 Å². The lowest BCUT2D eigenvalue weighted by atomic mass is 10.1. The third-order valence-electron chi connectivity index (χ3n) is 3.43. The molecule has 0 bridgehead atoms. The summed E-state index contributed by atoms with van der Waals surface area (Å²) in [5.41, 5.74) is 2.98. The van der Waals surface area contributed by atoms with Crippen LogP contribution in [0.15, 0.2) is 16.7 Å². The van der Waals surface area contributed by atoms with E-state index in [0.29, 0.717) is 17.3 Å². The standard InChI is InChI=1S/C12H13ClN4O3S2/c13-11-9(17-2-3-21-12(17)15-11)6-14-16-10(18)5-8-1-4-22(19,20)7-8/h2-3,6,8H,1,4-5,7H2,(H,16,18)/b14-6-/t8-/m1/s1. The molecule has 0 spiro atoms. The highest BCUT2D eigenvalue weighted by Gasteiger charge is 2.29. The maximum absolute atomic E-state index is 11.8. The molecule has 1 aliphatic rings. The van der Waals surface area contributed by atoms with Crippen LogP contribution in [0.2, 0.25) is 5.15 Å². The highest BCUT2D eigenvalue weighted by atomic mass is 35.5. The van der Waals surface area contributed by atoms with Gasteiger partial charge in [-0.25, -0.2) is 18.8 Å². The van der Waals surface area contributed by atoms with Crippen molar-refractivity contribution in [2.75, 3.05) is 11.5 Å². The number of halogens is 1. The van der Waals surface area contributed by atoms with Crippen LogP contribution >= 0.6 is 22.9 Å². The minimum atomic E-state index is -2.97. The zero-order valence-electron chi connectivity index (χ0n) is 11.4. The Labute approximate surface area is 135 Å². The third-order valence-corrected chi connectivity index (χ3v) is 6.30. The molecule has 0 unspecified atom stereocenters. The molecule has 3 heterocycles. The summed E-state index contributed by atoms with van der Waals surface area (Å²) < 4.78 is 24.5. The van der Waals surface area contributed by atoms with Gasteiger partial charge in [0.2, 0.25) is 5.91 Å². The van der Waals surface area contributed by atoms with E-state index in [4.69, 9.17) is 11.6 Å². The van der Waals surface area contributed by atoms with Crippen LogP contribution < -0.4 is 5.43 Å². The Kier molecular flexibility index (Phi) is 4.20. The Bertz CT molecular complexity index is 840. The first-order chi connectivity index (χ1) is 10.4. The molecule has 10 heteroatoms. The lowest BCUT2D eigenvalue weighted by Crippen LogP contribution is -2.21. The predicted molar refractivity (Wildman–Crippen MR) is 85.2 cm³/mol. The summed E-state index contributed by atoms with van der Waals surface area (Å²) in [5.74, 6) is -0.188. The Balaban J connectivity index is 1.59. The lowest BCUT2D eigenvalue weighted by Gasteiger charge is -2.05. The molecule has 118 valence electrons. The van der Waals surface area contributed by atoms with Crippen LogP contribution in [0, 0.1) is 5.92 Å². The van der Waals surface area contributed by atoms with Crippen molar-refractivity contribution in [1.82, 2.24) is 14.8 Å². The number of aromatic nitrogens is 2. The van der Waals surface area contributed by atoms with Gasteiger partial charge < -0.3 is 0 Å². The van der Waals surface area contributed by atoms with E-state index in [1.165, 1.54) is 17.6 Å². The fraction of sp³-hybridized carbons (Fsp3) is 0.417. The summed E-state index contributed by atoms with van der Waals surface area (Å²) in [5, 5.41) is 6.05. The van der Waals surface area contributed by atoms with Crippen molar-refractivity contribution in [2.45, 2.75) is 12.8 Å². The smallest absolute Gasteiger partial charge is 0.240 e. The summed E-state index contributed by atoms with van der Waals surface area (Å²) in [4.78, 5) is 16.7. The molecule has 0 saturated carbocycles. The minimum absolute atomic E-state index is 0.0775. The van der Waals surface area contributed by atoms with Gasteiger partial charge in [-0.2, -0.15) is 5.10 Å². The van der Waals surface area contributed by atoms with Gasteiger partial charge in [-0.15, -0.1) is 11.3 Å². The third kappa shape index (κ3) is 3.31. The number of hydrazone groups is 1. The van der Waals surface area contributed by atoms with E-state index in [-0.39, 0.29) is 29.8 Å². The highest BCUT2D eigenvalue weighted by Crippen LogP contribution is 2.21. The van der Waals surface area contributed by atoms with Gasteiger partial charge >= 0.3 is 0 Å². The first kappa shape index (κ1) is 15.4. The lowest BCUT2D eigenvalue weighted by molar-refractivity contribution is -0.121. The zero-order chi connectivity index (χ0) is 15.7. The molecule has 1 amide bonds. The second kappa shape index (κ2) is 5.98. The molecule has 2 aromatic heterocycles. The Morgan fingerprint density at radius 3 is 3.18 bits per heavy atom. The Hall–Kier alpha value is -1.45. The number of hydrogen-bond acceptors (Lipinski definition) is 6. The maximum atomic E-state index is 11.8.